The second kappa shape index (κ2) is 9.12. The van der Waals surface area contributed by atoms with Crippen LogP contribution in [0.2, 0.25) is 0 Å². The lowest BCUT2D eigenvalue weighted by molar-refractivity contribution is -0.133. The van der Waals surface area contributed by atoms with E-state index in [-0.39, 0.29) is 0 Å². The number of methoxy groups -OCH3 is 2. The van der Waals surface area contributed by atoms with E-state index in [9.17, 15) is 4.79 Å². The third-order valence-electron chi connectivity index (χ3n) is 4.63. The number of ether oxygens (including phenoxy) is 3. The van der Waals surface area contributed by atoms with Gasteiger partial charge in [-0.15, -0.1) is 0 Å². The first-order valence-corrected chi connectivity index (χ1v) is 9.10. The van der Waals surface area contributed by atoms with Gasteiger partial charge in [-0.2, -0.15) is 0 Å². The average molecular weight is 367 g/mol. The molecule has 2 aromatic rings. The lowest BCUT2D eigenvalue weighted by Gasteiger charge is -2.18. The molecule has 1 aliphatic heterocycles. The highest BCUT2D eigenvalue weighted by Gasteiger charge is 2.17. The minimum Gasteiger partial charge on any atom is -0.503 e. The van der Waals surface area contributed by atoms with Gasteiger partial charge in [-0.3, -0.25) is 0 Å². The van der Waals surface area contributed by atoms with Gasteiger partial charge in [-0.05, 0) is 36.1 Å². The maximum absolute atomic E-state index is 12.1. The Bertz CT molecular complexity index is 809. The summed E-state index contributed by atoms with van der Waals surface area (Å²) < 4.78 is 16.0. The van der Waals surface area contributed by atoms with Gasteiger partial charge in [0.2, 0.25) is 0 Å². The van der Waals surface area contributed by atoms with Crippen LogP contribution in [0, 0.1) is 0 Å². The molecule has 0 aliphatic carbocycles. The van der Waals surface area contributed by atoms with Crippen molar-refractivity contribution in [2.24, 2.45) is 0 Å². The van der Waals surface area contributed by atoms with E-state index in [2.05, 4.69) is 17.0 Å². The summed E-state index contributed by atoms with van der Waals surface area (Å²) >= 11 is 0. The highest BCUT2D eigenvalue weighted by Crippen LogP contribution is 2.26. The van der Waals surface area contributed by atoms with Gasteiger partial charge in [0.1, 0.15) is 17.9 Å². The number of hydrogen-bond acceptors (Lipinski definition) is 5. The zero-order chi connectivity index (χ0) is 19.1. The van der Waals surface area contributed by atoms with E-state index in [0.29, 0.717) is 12.2 Å². The molecule has 5 nitrogen and oxygen atoms in total. The van der Waals surface area contributed by atoms with Crippen LogP contribution in [0.5, 0.6) is 5.75 Å². The van der Waals surface area contributed by atoms with Crippen molar-refractivity contribution >= 4 is 17.2 Å². The van der Waals surface area contributed by atoms with Crippen LogP contribution in [-0.2, 0) is 20.9 Å². The molecule has 0 atom stereocenters. The fraction of sp³-hybridized carbons (Fsp3) is 0.318. The number of esters is 1. The average Bonchev–Trinajstić information content (AvgIpc) is 3.25. The van der Waals surface area contributed by atoms with Crippen LogP contribution in [-0.4, -0.2) is 33.3 Å². The van der Waals surface area contributed by atoms with E-state index in [0.717, 1.165) is 30.0 Å². The second-order valence-corrected chi connectivity index (χ2v) is 6.40. The molecule has 2 aromatic carbocycles. The van der Waals surface area contributed by atoms with Crippen molar-refractivity contribution in [3.63, 3.8) is 0 Å². The van der Waals surface area contributed by atoms with Crippen LogP contribution in [0.4, 0.5) is 5.69 Å². The molecule has 0 unspecified atom stereocenters. The molecule has 0 radical (unpaired) electrons. The maximum Gasteiger partial charge on any atom is 0.341 e. The van der Waals surface area contributed by atoms with Crippen LogP contribution in [0.25, 0.3) is 5.57 Å². The molecule has 1 aliphatic rings. The van der Waals surface area contributed by atoms with Crippen molar-refractivity contribution in [1.82, 2.24) is 0 Å². The summed E-state index contributed by atoms with van der Waals surface area (Å²) in [4.78, 5) is 14.5. The number of carbonyl (C=O) groups excluding carboxylic acids is 1. The fourth-order valence-electron chi connectivity index (χ4n) is 3.26. The predicted molar refractivity (Wildman–Crippen MR) is 106 cm³/mol. The molecule has 5 heteroatoms. The van der Waals surface area contributed by atoms with Crippen molar-refractivity contribution in [3.8, 4) is 5.75 Å². The van der Waals surface area contributed by atoms with E-state index in [1.807, 2.05) is 36.4 Å². The summed E-state index contributed by atoms with van der Waals surface area (Å²) in [6.45, 7) is 2.53. The fourth-order valence-corrected chi connectivity index (χ4v) is 3.26. The Balaban J connectivity index is 1.78. The Hall–Kier alpha value is -2.95. The smallest absolute Gasteiger partial charge is 0.341 e. The summed E-state index contributed by atoms with van der Waals surface area (Å²) in [5.41, 5.74) is 3.18. The Morgan fingerprint density at radius 2 is 1.85 bits per heavy atom. The summed E-state index contributed by atoms with van der Waals surface area (Å²) in [6.07, 6.45) is 3.87. The molecule has 1 fully saturated rings. The van der Waals surface area contributed by atoms with Gasteiger partial charge in [0.25, 0.3) is 0 Å². The lowest BCUT2D eigenvalue weighted by Crippen LogP contribution is -2.17. The number of rotatable bonds is 7. The van der Waals surface area contributed by atoms with Gasteiger partial charge in [0, 0.05) is 24.8 Å². The molecular formula is C22H25NO4. The van der Waals surface area contributed by atoms with E-state index in [1.165, 1.54) is 39.0 Å². The summed E-state index contributed by atoms with van der Waals surface area (Å²) in [6, 6.07) is 15.7. The van der Waals surface area contributed by atoms with Crippen LogP contribution in [0.1, 0.15) is 24.0 Å². The Labute approximate surface area is 160 Å². The zero-order valence-electron chi connectivity index (χ0n) is 15.8. The van der Waals surface area contributed by atoms with E-state index >= 15 is 0 Å². The van der Waals surface area contributed by atoms with Crippen molar-refractivity contribution in [1.29, 1.82) is 0 Å². The van der Waals surface area contributed by atoms with Crippen molar-refractivity contribution in [2.45, 2.75) is 19.4 Å². The van der Waals surface area contributed by atoms with Gasteiger partial charge >= 0.3 is 5.97 Å². The molecule has 1 saturated heterocycles. The van der Waals surface area contributed by atoms with Crippen molar-refractivity contribution in [3.05, 3.63) is 65.9 Å². The third-order valence-corrected chi connectivity index (χ3v) is 4.63. The minimum atomic E-state index is -0.444. The van der Waals surface area contributed by atoms with Gasteiger partial charge in [-0.25, -0.2) is 4.79 Å². The molecule has 142 valence electrons. The molecule has 0 bridgehead atoms. The Kier molecular flexibility index (Phi) is 6.36. The molecule has 1 heterocycles. The number of benzene rings is 2. The standard InChI is InChI=1S/C22H25NO4/c1-25-16-21(22(24)26-2)20-11-4-3-8-17(20)15-27-19-10-7-9-18(14-19)23-12-5-6-13-23/h3-4,7-11,14,16H,5-6,12-13,15H2,1-2H3/b21-16+. The van der Waals surface area contributed by atoms with Gasteiger partial charge in [0.15, 0.2) is 0 Å². The van der Waals surface area contributed by atoms with Crippen LogP contribution in [0.3, 0.4) is 0 Å². The predicted octanol–water partition coefficient (Wildman–Crippen LogP) is 4.03. The van der Waals surface area contributed by atoms with Gasteiger partial charge in [0.05, 0.1) is 20.5 Å². The quantitative estimate of drug-likeness (QED) is 0.420. The topological polar surface area (TPSA) is 48.0 Å². The first-order chi connectivity index (χ1) is 13.2. The molecule has 0 amide bonds. The zero-order valence-corrected chi connectivity index (χ0v) is 15.8. The molecule has 0 saturated carbocycles. The summed E-state index contributed by atoms with van der Waals surface area (Å²) in [5.74, 6) is 0.366. The number of nitrogens with zero attached hydrogens (tertiary/aromatic N) is 1. The van der Waals surface area contributed by atoms with E-state index in [4.69, 9.17) is 14.2 Å². The SMILES string of the molecule is CO/C=C(/C(=O)OC)c1ccccc1COc1cccc(N2CCCC2)c1. The Morgan fingerprint density at radius 1 is 1.07 bits per heavy atom. The number of hydrogen-bond donors (Lipinski definition) is 0. The van der Waals surface area contributed by atoms with Crippen LogP contribution < -0.4 is 9.64 Å². The summed E-state index contributed by atoms with van der Waals surface area (Å²) in [7, 11) is 2.86. The lowest BCUT2D eigenvalue weighted by atomic mass is 10.0. The molecular weight excluding hydrogens is 342 g/mol. The first kappa shape index (κ1) is 18.8. The molecule has 3 rings (SSSR count). The van der Waals surface area contributed by atoms with Crippen molar-refractivity contribution in [2.75, 3.05) is 32.2 Å². The van der Waals surface area contributed by atoms with Gasteiger partial charge in [-0.1, -0.05) is 30.3 Å². The van der Waals surface area contributed by atoms with Crippen LogP contribution in [0.15, 0.2) is 54.8 Å². The van der Waals surface area contributed by atoms with Crippen molar-refractivity contribution < 1.29 is 19.0 Å². The number of anilines is 1. The molecule has 0 N–H and O–H groups in total. The number of carbonyl (C=O) groups is 1. The summed E-state index contributed by atoms with van der Waals surface area (Å²) in [5, 5.41) is 0. The molecule has 0 spiro atoms. The monoisotopic (exact) mass is 367 g/mol. The second-order valence-electron chi connectivity index (χ2n) is 6.40. The highest BCUT2D eigenvalue weighted by atomic mass is 16.5. The molecule has 27 heavy (non-hydrogen) atoms. The normalized spacial score (nSPS) is 14.1. The highest BCUT2D eigenvalue weighted by molar-refractivity contribution is 6.16. The molecule has 0 aromatic heterocycles. The van der Waals surface area contributed by atoms with Gasteiger partial charge < -0.3 is 19.1 Å². The maximum atomic E-state index is 12.1. The van der Waals surface area contributed by atoms with Crippen LogP contribution >= 0.6 is 0 Å². The minimum absolute atomic E-state index is 0.345. The van der Waals surface area contributed by atoms with E-state index < -0.39 is 5.97 Å². The Morgan fingerprint density at radius 3 is 2.59 bits per heavy atom. The third kappa shape index (κ3) is 4.61. The largest absolute Gasteiger partial charge is 0.503 e. The first-order valence-electron chi connectivity index (χ1n) is 9.10. The van der Waals surface area contributed by atoms with E-state index in [1.54, 1.807) is 0 Å².